The van der Waals surface area contributed by atoms with Crippen molar-refractivity contribution in [3.63, 3.8) is 0 Å². The Kier molecular flexibility index (Phi) is 8.00. The molecule has 0 spiro atoms. The van der Waals surface area contributed by atoms with Crippen LogP contribution >= 0.6 is 0 Å². The molecule has 0 unspecified atom stereocenters. The number of carbonyl (C=O) groups excluding carboxylic acids is 4. The minimum atomic E-state index is -1.23. The molecule has 0 aliphatic carbocycles. The zero-order valence-electron chi connectivity index (χ0n) is 22.1. The molecule has 6 nitrogen and oxygen atoms in total. The Morgan fingerprint density at radius 2 is 0.975 bits per heavy atom. The number of ketones is 1. The van der Waals surface area contributed by atoms with Crippen molar-refractivity contribution in [2.45, 2.75) is 26.3 Å². The van der Waals surface area contributed by atoms with Gasteiger partial charge in [0.25, 0.3) is 17.7 Å². The number of hydrogen-bond donors (Lipinski definition) is 0. The minimum absolute atomic E-state index is 0.0740. The van der Waals surface area contributed by atoms with Crippen LogP contribution in [0.25, 0.3) is 0 Å². The zero-order valence-corrected chi connectivity index (χ0v) is 22.1. The number of imide groups is 1. The molecule has 0 aliphatic heterocycles. The summed E-state index contributed by atoms with van der Waals surface area (Å²) < 4.78 is 29.3. The van der Waals surface area contributed by atoms with Crippen LogP contribution in [0.1, 0.15) is 67.8 Å². The van der Waals surface area contributed by atoms with Gasteiger partial charge < -0.3 is 0 Å². The van der Waals surface area contributed by atoms with Crippen LogP contribution in [0.4, 0.5) is 8.78 Å². The second kappa shape index (κ2) is 11.4. The predicted octanol–water partition coefficient (Wildman–Crippen LogP) is 6.33. The molecule has 0 aromatic heterocycles. The molecule has 3 amide bonds. The third-order valence-corrected chi connectivity index (χ3v) is 6.06. The zero-order chi connectivity index (χ0) is 29.0. The van der Waals surface area contributed by atoms with E-state index in [9.17, 15) is 28.0 Å². The molecule has 0 bridgehead atoms. The first-order chi connectivity index (χ1) is 19.0. The van der Waals surface area contributed by atoms with Crippen molar-refractivity contribution in [2.75, 3.05) is 0 Å². The highest BCUT2D eigenvalue weighted by molar-refractivity contribution is 6.17. The van der Waals surface area contributed by atoms with E-state index in [1.54, 1.807) is 39.0 Å². The van der Waals surface area contributed by atoms with Crippen LogP contribution < -0.4 is 0 Å². The van der Waals surface area contributed by atoms with Crippen LogP contribution in [0, 0.1) is 11.6 Å². The number of carbonyl (C=O) groups is 4. The van der Waals surface area contributed by atoms with Gasteiger partial charge in [-0.1, -0.05) is 60.7 Å². The molecule has 0 N–H and O–H groups in total. The Balaban J connectivity index is 1.90. The summed E-state index contributed by atoms with van der Waals surface area (Å²) in [5.41, 5.74) is -2.12. The number of halogens is 2. The molecule has 40 heavy (non-hydrogen) atoms. The highest BCUT2D eigenvalue weighted by Gasteiger charge is 2.41. The first-order valence-electron chi connectivity index (χ1n) is 12.4. The molecule has 4 rings (SSSR count). The van der Waals surface area contributed by atoms with E-state index < -0.39 is 46.2 Å². The summed E-state index contributed by atoms with van der Waals surface area (Å²) in [5.74, 6) is -5.24. The molecular formula is C32H26F2N2O4. The van der Waals surface area contributed by atoms with E-state index in [-0.39, 0.29) is 22.3 Å². The van der Waals surface area contributed by atoms with Gasteiger partial charge in [-0.05, 0) is 63.2 Å². The van der Waals surface area contributed by atoms with Crippen LogP contribution in [-0.2, 0) is 0 Å². The number of hydrazine groups is 1. The molecule has 0 radical (unpaired) electrons. The topological polar surface area (TPSA) is 74.8 Å². The number of nitrogens with zero attached hydrogens (tertiary/aromatic N) is 2. The SMILES string of the molecule is CC(C)(C)N(C(=O)c1ccccc1C(=O)c1ccccc1F)N(C(=O)c1ccccc1)C(=O)c1ccccc1F. The Morgan fingerprint density at radius 1 is 0.525 bits per heavy atom. The van der Waals surface area contributed by atoms with E-state index in [0.29, 0.717) is 5.01 Å². The Bertz CT molecular complexity index is 1600. The number of benzene rings is 4. The summed E-state index contributed by atoms with van der Waals surface area (Å²) >= 11 is 0. The summed E-state index contributed by atoms with van der Waals surface area (Å²) in [5, 5.41) is 1.50. The number of hydrogen-bond acceptors (Lipinski definition) is 4. The third kappa shape index (κ3) is 5.56. The second-order valence-corrected chi connectivity index (χ2v) is 9.91. The van der Waals surface area contributed by atoms with Crippen molar-refractivity contribution < 1.29 is 28.0 Å². The van der Waals surface area contributed by atoms with E-state index >= 15 is 0 Å². The van der Waals surface area contributed by atoms with Crippen LogP contribution in [0.5, 0.6) is 0 Å². The molecule has 202 valence electrons. The fourth-order valence-electron chi connectivity index (χ4n) is 4.19. The van der Waals surface area contributed by atoms with Gasteiger partial charge in [0.15, 0.2) is 5.78 Å². The van der Waals surface area contributed by atoms with Crippen LogP contribution in [-0.4, -0.2) is 39.1 Å². The van der Waals surface area contributed by atoms with Gasteiger partial charge in [-0.3, -0.25) is 19.2 Å². The van der Waals surface area contributed by atoms with Gasteiger partial charge in [0.2, 0.25) is 0 Å². The molecular weight excluding hydrogens is 514 g/mol. The lowest BCUT2D eigenvalue weighted by Crippen LogP contribution is -2.60. The van der Waals surface area contributed by atoms with Crippen molar-refractivity contribution in [1.82, 2.24) is 10.0 Å². The van der Waals surface area contributed by atoms with Gasteiger partial charge in [0, 0.05) is 11.1 Å². The minimum Gasteiger partial charge on any atom is -0.288 e. The van der Waals surface area contributed by atoms with Crippen molar-refractivity contribution in [3.05, 3.63) is 143 Å². The fourth-order valence-corrected chi connectivity index (χ4v) is 4.19. The normalized spacial score (nSPS) is 11.0. The fraction of sp³-hybridized carbons (Fsp3) is 0.125. The summed E-state index contributed by atoms with van der Waals surface area (Å²) in [6.07, 6.45) is 0. The van der Waals surface area contributed by atoms with E-state index in [1.165, 1.54) is 72.8 Å². The second-order valence-electron chi connectivity index (χ2n) is 9.91. The smallest absolute Gasteiger partial charge is 0.282 e. The van der Waals surface area contributed by atoms with Crippen molar-refractivity contribution >= 4 is 23.5 Å². The number of rotatable bonds is 5. The maximum Gasteiger partial charge on any atom is 0.282 e. The van der Waals surface area contributed by atoms with E-state index in [0.717, 1.165) is 17.1 Å². The highest BCUT2D eigenvalue weighted by Crippen LogP contribution is 2.27. The standard InChI is InChI=1S/C32H26F2N2O4/c1-32(2,3)36(31(40)23-16-8-7-15-22(23)28(37)24-17-9-11-19-26(24)33)35(29(38)21-13-5-4-6-14-21)30(39)25-18-10-12-20-27(25)34/h4-20H,1-3H3. The Morgan fingerprint density at radius 3 is 1.50 bits per heavy atom. The van der Waals surface area contributed by atoms with Crippen LogP contribution in [0.15, 0.2) is 103 Å². The average molecular weight is 541 g/mol. The van der Waals surface area contributed by atoms with Gasteiger partial charge in [0.05, 0.1) is 22.2 Å². The molecule has 8 heteroatoms. The summed E-state index contributed by atoms with van der Waals surface area (Å²) in [7, 11) is 0. The number of amides is 3. The van der Waals surface area contributed by atoms with Gasteiger partial charge in [-0.2, -0.15) is 5.01 Å². The highest BCUT2D eigenvalue weighted by atomic mass is 19.1. The Labute approximate surface area is 230 Å². The van der Waals surface area contributed by atoms with Crippen molar-refractivity contribution in [2.24, 2.45) is 0 Å². The molecule has 0 saturated heterocycles. The lowest BCUT2D eigenvalue weighted by Gasteiger charge is -2.42. The van der Waals surface area contributed by atoms with Gasteiger partial charge >= 0.3 is 0 Å². The summed E-state index contributed by atoms with van der Waals surface area (Å²) in [6.45, 7) is 4.77. The average Bonchev–Trinajstić information content (AvgIpc) is 2.95. The van der Waals surface area contributed by atoms with Gasteiger partial charge in [-0.15, -0.1) is 0 Å². The van der Waals surface area contributed by atoms with E-state index in [4.69, 9.17) is 0 Å². The molecule has 0 atom stereocenters. The van der Waals surface area contributed by atoms with Crippen molar-refractivity contribution in [3.8, 4) is 0 Å². The van der Waals surface area contributed by atoms with Crippen LogP contribution in [0.3, 0.4) is 0 Å². The molecule has 0 heterocycles. The summed E-state index contributed by atoms with van der Waals surface area (Å²) in [6, 6.07) is 24.0. The van der Waals surface area contributed by atoms with Gasteiger partial charge in [-0.25, -0.2) is 13.8 Å². The third-order valence-electron chi connectivity index (χ3n) is 6.06. The van der Waals surface area contributed by atoms with Crippen molar-refractivity contribution in [1.29, 1.82) is 0 Å². The first-order valence-corrected chi connectivity index (χ1v) is 12.4. The maximum absolute atomic E-state index is 14.8. The van der Waals surface area contributed by atoms with E-state index in [2.05, 4.69) is 0 Å². The lowest BCUT2D eigenvalue weighted by atomic mass is 9.96. The predicted molar refractivity (Wildman–Crippen MR) is 146 cm³/mol. The van der Waals surface area contributed by atoms with Crippen LogP contribution in [0.2, 0.25) is 0 Å². The monoisotopic (exact) mass is 540 g/mol. The molecule has 4 aromatic rings. The van der Waals surface area contributed by atoms with E-state index in [1.807, 2.05) is 0 Å². The quantitative estimate of drug-likeness (QED) is 0.168. The molecule has 0 saturated carbocycles. The Hall–Kier alpha value is -4.98. The first kappa shape index (κ1) is 28.0. The summed E-state index contributed by atoms with van der Waals surface area (Å²) in [4.78, 5) is 55.3. The molecule has 4 aromatic carbocycles. The lowest BCUT2D eigenvalue weighted by molar-refractivity contribution is -0.0320. The largest absolute Gasteiger partial charge is 0.288 e. The maximum atomic E-state index is 14.8. The molecule has 0 aliphatic rings. The molecule has 0 fully saturated rings. The van der Waals surface area contributed by atoms with Gasteiger partial charge in [0.1, 0.15) is 11.6 Å².